The van der Waals surface area contributed by atoms with Crippen LogP contribution in [0.5, 0.6) is 5.75 Å². The second kappa shape index (κ2) is 2.84. The second-order valence-corrected chi connectivity index (χ2v) is 4.15. The molecule has 0 saturated heterocycles. The van der Waals surface area contributed by atoms with Crippen LogP contribution < -0.4 is 4.74 Å². The lowest BCUT2D eigenvalue weighted by atomic mass is 10.0. The molecule has 0 aromatic heterocycles. The van der Waals surface area contributed by atoms with Crippen molar-refractivity contribution in [1.82, 2.24) is 0 Å². The third-order valence-corrected chi connectivity index (χ3v) is 3.24. The van der Waals surface area contributed by atoms with Crippen LogP contribution in [0.4, 0.5) is 0 Å². The van der Waals surface area contributed by atoms with Gasteiger partial charge in [-0.1, -0.05) is 0 Å². The molecular weight excluding hydrogens is 176 g/mol. The highest BCUT2D eigenvalue weighted by Crippen LogP contribution is 2.53. The molecule has 72 valence electrons. The SMILES string of the molecule is O=Cc1ccc2c(c1)C1CC1CCO2. The lowest BCUT2D eigenvalue weighted by Gasteiger charge is -2.08. The van der Waals surface area contributed by atoms with Gasteiger partial charge in [0.2, 0.25) is 0 Å². The lowest BCUT2D eigenvalue weighted by molar-refractivity contribution is 0.112. The number of aldehydes is 1. The number of carbonyl (C=O) groups excluding carboxylic acids is 1. The highest BCUT2D eigenvalue weighted by atomic mass is 16.5. The first-order chi connectivity index (χ1) is 6.88. The largest absolute Gasteiger partial charge is 0.493 e. The average Bonchev–Trinajstić information content (AvgIpc) is 2.96. The van der Waals surface area contributed by atoms with Crippen LogP contribution in [0.25, 0.3) is 0 Å². The summed E-state index contributed by atoms with van der Waals surface area (Å²) >= 11 is 0. The summed E-state index contributed by atoms with van der Waals surface area (Å²) in [5.41, 5.74) is 2.01. The third-order valence-electron chi connectivity index (χ3n) is 3.24. The number of fused-ring (bicyclic) bond motifs is 3. The van der Waals surface area contributed by atoms with Gasteiger partial charge in [0.15, 0.2) is 0 Å². The predicted octanol–water partition coefficient (Wildman–Crippen LogP) is 2.39. The molecule has 0 radical (unpaired) electrons. The number of benzene rings is 1. The van der Waals surface area contributed by atoms with Gasteiger partial charge in [0.05, 0.1) is 6.61 Å². The zero-order valence-corrected chi connectivity index (χ0v) is 7.90. The maximum Gasteiger partial charge on any atom is 0.150 e. The van der Waals surface area contributed by atoms with Crippen molar-refractivity contribution in [2.24, 2.45) is 5.92 Å². The molecular formula is C12H12O2. The number of rotatable bonds is 1. The Labute approximate surface area is 82.9 Å². The molecule has 0 spiro atoms. The van der Waals surface area contributed by atoms with E-state index in [-0.39, 0.29) is 0 Å². The summed E-state index contributed by atoms with van der Waals surface area (Å²) in [5, 5.41) is 0. The van der Waals surface area contributed by atoms with Crippen molar-refractivity contribution in [2.45, 2.75) is 18.8 Å². The summed E-state index contributed by atoms with van der Waals surface area (Å²) in [7, 11) is 0. The van der Waals surface area contributed by atoms with E-state index in [0.29, 0.717) is 5.92 Å². The molecule has 3 rings (SSSR count). The lowest BCUT2D eigenvalue weighted by Crippen LogP contribution is -1.97. The Morgan fingerprint density at radius 1 is 1.43 bits per heavy atom. The Morgan fingerprint density at radius 2 is 2.36 bits per heavy atom. The second-order valence-electron chi connectivity index (χ2n) is 4.15. The Kier molecular flexibility index (Phi) is 1.63. The van der Waals surface area contributed by atoms with Crippen LogP contribution in [0.15, 0.2) is 18.2 Å². The van der Waals surface area contributed by atoms with E-state index in [4.69, 9.17) is 4.74 Å². The smallest absolute Gasteiger partial charge is 0.150 e. The van der Waals surface area contributed by atoms with Crippen LogP contribution in [0.3, 0.4) is 0 Å². The topological polar surface area (TPSA) is 26.3 Å². The molecule has 1 aromatic rings. The van der Waals surface area contributed by atoms with Crippen molar-refractivity contribution in [3.8, 4) is 5.75 Å². The number of hydrogen-bond acceptors (Lipinski definition) is 2. The number of hydrogen-bond donors (Lipinski definition) is 0. The first-order valence-corrected chi connectivity index (χ1v) is 5.10. The fraction of sp³-hybridized carbons (Fsp3) is 0.417. The molecule has 0 amide bonds. The van der Waals surface area contributed by atoms with Crippen molar-refractivity contribution in [3.05, 3.63) is 29.3 Å². The standard InChI is InChI=1S/C12H12O2/c13-7-8-1-2-12-11(5-8)10-6-9(10)3-4-14-12/h1-2,5,7,9-10H,3-4,6H2. The molecule has 1 fully saturated rings. The Balaban J connectivity index is 2.07. The van der Waals surface area contributed by atoms with Gasteiger partial charge in [-0.2, -0.15) is 0 Å². The van der Waals surface area contributed by atoms with E-state index in [1.807, 2.05) is 18.2 Å². The maximum absolute atomic E-state index is 10.7. The molecule has 1 aliphatic carbocycles. The van der Waals surface area contributed by atoms with Crippen molar-refractivity contribution < 1.29 is 9.53 Å². The third kappa shape index (κ3) is 1.14. The van der Waals surface area contributed by atoms with E-state index in [2.05, 4.69) is 0 Å². The Morgan fingerprint density at radius 3 is 3.21 bits per heavy atom. The van der Waals surface area contributed by atoms with Gasteiger partial charge >= 0.3 is 0 Å². The zero-order chi connectivity index (χ0) is 9.54. The van der Waals surface area contributed by atoms with Crippen molar-refractivity contribution in [2.75, 3.05) is 6.61 Å². The first-order valence-electron chi connectivity index (χ1n) is 5.10. The molecule has 0 bridgehead atoms. The average molecular weight is 188 g/mol. The van der Waals surface area contributed by atoms with Crippen LogP contribution in [-0.4, -0.2) is 12.9 Å². The molecule has 2 heteroatoms. The molecule has 0 N–H and O–H groups in total. The minimum absolute atomic E-state index is 0.660. The minimum atomic E-state index is 0.660. The maximum atomic E-state index is 10.7. The van der Waals surface area contributed by atoms with Crippen LogP contribution >= 0.6 is 0 Å². The highest BCUT2D eigenvalue weighted by molar-refractivity contribution is 5.76. The fourth-order valence-electron chi connectivity index (χ4n) is 2.33. The molecule has 1 saturated carbocycles. The van der Waals surface area contributed by atoms with E-state index in [0.717, 1.165) is 36.5 Å². The number of carbonyl (C=O) groups is 1. The first kappa shape index (κ1) is 8.04. The van der Waals surface area contributed by atoms with E-state index >= 15 is 0 Å². The van der Waals surface area contributed by atoms with Gasteiger partial charge in [-0.15, -0.1) is 0 Å². The summed E-state index contributed by atoms with van der Waals surface area (Å²) in [6.07, 6.45) is 3.34. The van der Waals surface area contributed by atoms with E-state index in [1.165, 1.54) is 12.0 Å². The molecule has 2 atom stereocenters. The monoisotopic (exact) mass is 188 g/mol. The quantitative estimate of drug-likeness (QED) is 0.632. The van der Waals surface area contributed by atoms with Crippen molar-refractivity contribution in [3.63, 3.8) is 0 Å². The van der Waals surface area contributed by atoms with Crippen LogP contribution in [0.1, 0.15) is 34.7 Å². The molecule has 1 aromatic carbocycles. The molecule has 2 unspecified atom stereocenters. The highest BCUT2D eigenvalue weighted by Gasteiger charge is 2.41. The predicted molar refractivity (Wildman–Crippen MR) is 52.8 cm³/mol. The number of ether oxygens (including phenoxy) is 1. The summed E-state index contributed by atoms with van der Waals surface area (Å²) in [6.45, 7) is 0.828. The molecule has 2 aliphatic rings. The summed E-state index contributed by atoms with van der Waals surface area (Å²) in [4.78, 5) is 10.7. The minimum Gasteiger partial charge on any atom is -0.493 e. The van der Waals surface area contributed by atoms with Gasteiger partial charge in [-0.3, -0.25) is 4.79 Å². The Hall–Kier alpha value is -1.31. The summed E-state index contributed by atoms with van der Waals surface area (Å²) in [6, 6.07) is 5.74. The molecule has 2 nitrogen and oxygen atoms in total. The van der Waals surface area contributed by atoms with E-state index < -0.39 is 0 Å². The molecule has 1 heterocycles. The van der Waals surface area contributed by atoms with Gasteiger partial charge < -0.3 is 4.74 Å². The molecule has 14 heavy (non-hydrogen) atoms. The summed E-state index contributed by atoms with van der Waals surface area (Å²) in [5.74, 6) is 2.45. The van der Waals surface area contributed by atoms with E-state index in [1.54, 1.807) is 0 Å². The zero-order valence-electron chi connectivity index (χ0n) is 7.90. The fourth-order valence-corrected chi connectivity index (χ4v) is 2.33. The van der Waals surface area contributed by atoms with Gasteiger partial charge in [0.1, 0.15) is 12.0 Å². The Bertz CT molecular complexity index is 384. The van der Waals surface area contributed by atoms with Gasteiger partial charge in [-0.05, 0) is 48.4 Å². The summed E-state index contributed by atoms with van der Waals surface area (Å²) < 4.78 is 5.63. The van der Waals surface area contributed by atoms with E-state index in [9.17, 15) is 4.79 Å². The van der Waals surface area contributed by atoms with Crippen molar-refractivity contribution >= 4 is 6.29 Å². The van der Waals surface area contributed by atoms with Gasteiger partial charge in [0, 0.05) is 5.56 Å². The van der Waals surface area contributed by atoms with Gasteiger partial charge in [0.25, 0.3) is 0 Å². The van der Waals surface area contributed by atoms with Crippen LogP contribution in [0, 0.1) is 5.92 Å². The van der Waals surface area contributed by atoms with Crippen LogP contribution in [-0.2, 0) is 0 Å². The van der Waals surface area contributed by atoms with Gasteiger partial charge in [-0.25, -0.2) is 0 Å². The molecule has 1 aliphatic heterocycles. The van der Waals surface area contributed by atoms with Crippen molar-refractivity contribution in [1.29, 1.82) is 0 Å². The van der Waals surface area contributed by atoms with Crippen LogP contribution in [0.2, 0.25) is 0 Å². The normalized spacial score (nSPS) is 28.0.